The van der Waals surface area contributed by atoms with E-state index in [9.17, 15) is 14.7 Å². The van der Waals surface area contributed by atoms with Gasteiger partial charge < -0.3 is 15.2 Å². The largest absolute Gasteiger partial charge is 0.481 e. The number of carboxylic acid groups (broad SMARTS) is 1. The third kappa shape index (κ3) is 3.26. The zero-order valence-corrected chi connectivity index (χ0v) is 12.4. The summed E-state index contributed by atoms with van der Waals surface area (Å²) in [7, 11) is 1.50. The molecule has 4 unspecified atom stereocenters. The maximum absolute atomic E-state index is 11.9. The maximum Gasteiger partial charge on any atom is 0.307 e. The molecule has 0 aromatic carbocycles. The van der Waals surface area contributed by atoms with Gasteiger partial charge in [-0.1, -0.05) is 20.8 Å². The second-order valence-electron chi connectivity index (χ2n) is 6.07. The van der Waals surface area contributed by atoms with Crippen molar-refractivity contribution < 1.29 is 19.4 Å². The van der Waals surface area contributed by atoms with Crippen LogP contribution in [0.4, 0.5) is 0 Å². The third-order valence-corrected chi connectivity index (χ3v) is 4.79. The number of aliphatic carboxylic acids is 1. The zero-order valence-electron chi connectivity index (χ0n) is 12.4. The standard InChI is InChI=1S/C14H25NO4/c1-8-11(15-12(16)9(2)19-5)7-6-10(13(17)18)14(8,3)4/h8-11H,6-7H2,1-5H3,(H,15,16)(H,17,18). The van der Waals surface area contributed by atoms with E-state index in [0.29, 0.717) is 12.8 Å². The number of carbonyl (C=O) groups excluding carboxylic acids is 1. The van der Waals surface area contributed by atoms with Crippen molar-refractivity contribution in [2.45, 2.75) is 52.7 Å². The highest BCUT2D eigenvalue weighted by Crippen LogP contribution is 2.45. The minimum atomic E-state index is -0.744. The molecule has 0 aromatic heterocycles. The Balaban J connectivity index is 2.75. The van der Waals surface area contributed by atoms with Crippen molar-refractivity contribution in [3.8, 4) is 0 Å². The lowest BCUT2D eigenvalue weighted by Crippen LogP contribution is -2.53. The predicted molar refractivity (Wildman–Crippen MR) is 71.7 cm³/mol. The molecular formula is C14H25NO4. The highest BCUT2D eigenvalue weighted by Gasteiger charge is 2.46. The molecule has 5 nitrogen and oxygen atoms in total. The molecule has 0 aromatic rings. The molecule has 0 heterocycles. The van der Waals surface area contributed by atoms with E-state index in [1.54, 1.807) is 6.92 Å². The van der Waals surface area contributed by atoms with Gasteiger partial charge in [0, 0.05) is 13.2 Å². The summed E-state index contributed by atoms with van der Waals surface area (Å²) in [5.74, 6) is -1.12. The Hall–Kier alpha value is -1.10. The Kier molecular flexibility index (Phi) is 4.96. The number of amides is 1. The first-order chi connectivity index (χ1) is 8.71. The fraction of sp³-hybridized carbons (Fsp3) is 0.857. The average Bonchev–Trinajstić information content (AvgIpc) is 2.33. The Morgan fingerprint density at radius 2 is 1.95 bits per heavy atom. The van der Waals surface area contributed by atoms with E-state index < -0.39 is 12.1 Å². The van der Waals surface area contributed by atoms with E-state index in [-0.39, 0.29) is 29.2 Å². The Bertz CT molecular complexity index is 353. The number of hydrogen-bond donors (Lipinski definition) is 2. The number of rotatable bonds is 4. The van der Waals surface area contributed by atoms with Crippen LogP contribution in [0.25, 0.3) is 0 Å². The Morgan fingerprint density at radius 1 is 1.37 bits per heavy atom. The molecule has 1 fully saturated rings. The summed E-state index contributed by atoms with van der Waals surface area (Å²) in [6.45, 7) is 7.65. The molecule has 1 aliphatic rings. The molecule has 19 heavy (non-hydrogen) atoms. The van der Waals surface area contributed by atoms with Crippen LogP contribution in [0.3, 0.4) is 0 Å². The van der Waals surface area contributed by atoms with E-state index in [0.717, 1.165) is 0 Å². The van der Waals surface area contributed by atoms with Gasteiger partial charge in [0.1, 0.15) is 6.10 Å². The summed E-state index contributed by atoms with van der Waals surface area (Å²) < 4.78 is 4.99. The van der Waals surface area contributed by atoms with Crippen molar-refractivity contribution in [3.63, 3.8) is 0 Å². The topological polar surface area (TPSA) is 75.6 Å². The van der Waals surface area contributed by atoms with Crippen molar-refractivity contribution in [2.75, 3.05) is 7.11 Å². The Morgan fingerprint density at radius 3 is 2.42 bits per heavy atom. The molecule has 1 aliphatic carbocycles. The van der Waals surface area contributed by atoms with Gasteiger partial charge in [-0.25, -0.2) is 0 Å². The van der Waals surface area contributed by atoms with Gasteiger partial charge in [-0.15, -0.1) is 0 Å². The summed E-state index contributed by atoms with van der Waals surface area (Å²) >= 11 is 0. The van der Waals surface area contributed by atoms with Crippen LogP contribution in [-0.2, 0) is 14.3 Å². The van der Waals surface area contributed by atoms with Crippen LogP contribution in [0, 0.1) is 17.3 Å². The van der Waals surface area contributed by atoms with Crippen molar-refractivity contribution in [2.24, 2.45) is 17.3 Å². The fourth-order valence-electron chi connectivity index (χ4n) is 2.85. The van der Waals surface area contributed by atoms with Crippen LogP contribution in [0.15, 0.2) is 0 Å². The lowest BCUT2D eigenvalue weighted by atomic mass is 9.61. The molecule has 0 spiro atoms. The predicted octanol–water partition coefficient (Wildman–Crippen LogP) is 1.66. The highest BCUT2D eigenvalue weighted by molar-refractivity contribution is 5.80. The van der Waals surface area contributed by atoms with Gasteiger partial charge in [0.25, 0.3) is 0 Å². The molecule has 0 aliphatic heterocycles. The SMILES string of the molecule is COC(C)C(=O)NC1CCC(C(=O)O)C(C)(C)C1C. The highest BCUT2D eigenvalue weighted by atomic mass is 16.5. The molecule has 0 radical (unpaired) electrons. The number of methoxy groups -OCH3 is 1. The van der Waals surface area contributed by atoms with Crippen LogP contribution in [0.1, 0.15) is 40.5 Å². The van der Waals surface area contributed by atoms with Gasteiger partial charge in [-0.05, 0) is 31.1 Å². The first kappa shape index (κ1) is 16.0. The van der Waals surface area contributed by atoms with Gasteiger partial charge in [-0.2, -0.15) is 0 Å². The number of carboxylic acids is 1. The minimum Gasteiger partial charge on any atom is -0.481 e. The average molecular weight is 271 g/mol. The molecule has 0 saturated heterocycles. The second-order valence-corrected chi connectivity index (χ2v) is 6.07. The molecule has 1 saturated carbocycles. The van der Waals surface area contributed by atoms with Crippen molar-refractivity contribution >= 4 is 11.9 Å². The summed E-state index contributed by atoms with van der Waals surface area (Å²) in [4.78, 5) is 23.2. The number of nitrogens with one attached hydrogen (secondary N) is 1. The first-order valence-electron chi connectivity index (χ1n) is 6.77. The fourth-order valence-corrected chi connectivity index (χ4v) is 2.85. The van der Waals surface area contributed by atoms with Crippen LogP contribution in [-0.4, -0.2) is 36.2 Å². The first-order valence-corrected chi connectivity index (χ1v) is 6.77. The smallest absolute Gasteiger partial charge is 0.307 e. The quantitative estimate of drug-likeness (QED) is 0.815. The van der Waals surface area contributed by atoms with E-state index >= 15 is 0 Å². The monoisotopic (exact) mass is 271 g/mol. The number of ether oxygens (including phenoxy) is 1. The minimum absolute atomic E-state index is 0.00991. The van der Waals surface area contributed by atoms with E-state index in [1.807, 2.05) is 20.8 Å². The van der Waals surface area contributed by atoms with Gasteiger partial charge in [0.2, 0.25) is 5.91 Å². The molecule has 2 N–H and O–H groups in total. The lowest BCUT2D eigenvalue weighted by Gasteiger charge is -2.46. The summed E-state index contributed by atoms with van der Waals surface area (Å²) in [6.07, 6.45) is 0.815. The molecule has 1 amide bonds. The maximum atomic E-state index is 11.9. The van der Waals surface area contributed by atoms with Gasteiger partial charge in [-0.3, -0.25) is 9.59 Å². The van der Waals surface area contributed by atoms with Crippen molar-refractivity contribution in [1.29, 1.82) is 0 Å². The normalized spacial score (nSPS) is 31.5. The van der Waals surface area contributed by atoms with Gasteiger partial charge >= 0.3 is 5.97 Å². The molecule has 1 rings (SSSR count). The second kappa shape index (κ2) is 5.90. The molecule has 5 heteroatoms. The van der Waals surface area contributed by atoms with E-state index in [1.165, 1.54) is 7.11 Å². The Labute approximate surface area is 114 Å². The number of hydrogen-bond acceptors (Lipinski definition) is 3. The summed E-state index contributed by atoms with van der Waals surface area (Å²) in [6, 6.07) is 0.00991. The lowest BCUT2D eigenvalue weighted by molar-refractivity contribution is -0.150. The zero-order chi connectivity index (χ0) is 14.8. The molecule has 0 bridgehead atoms. The summed E-state index contributed by atoms with van der Waals surface area (Å²) in [5.41, 5.74) is -0.335. The van der Waals surface area contributed by atoms with Gasteiger partial charge in [0.05, 0.1) is 5.92 Å². The van der Waals surface area contributed by atoms with E-state index in [2.05, 4.69) is 5.32 Å². The van der Waals surface area contributed by atoms with Gasteiger partial charge in [0.15, 0.2) is 0 Å². The van der Waals surface area contributed by atoms with Crippen LogP contribution in [0.2, 0.25) is 0 Å². The molecular weight excluding hydrogens is 246 g/mol. The van der Waals surface area contributed by atoms with Crippen molar-refractivity contribution in [3.05, 3.63) is 0 Å². The van der Waals surface area contributed by atoms with Crippen LogP contribution < -0.4 is 5.32 Å². The van der Waals surface area contributed by atoms with Crippen LogP contribution in [0.5, 0.6) is 0 Å². The summed E-state index contributed by atoms with van der Waals surface area (Å²) in [5, 5.41) is 12.3. The molecule has 110 valence electrons. The van der Waals surface area contributed by atoms with Crippen molar-refractivity contribution in [1.82, 2.24) is 5.32 Å². The third-order valence-electron chi connectivity index (χ3n) is 4.79. The number of carbonyl (C=O) groups is 2. The van der Waals surface area contributed by atoms with Crippen LogP contribution >= 0.6 is 0 Å². The van der Waals surface area contributed by atoms with E-state index in [4.69, 9.17) is 4.74 Å². The molecule has 4 atom stereocenters.